The van der Waals surface area contributed by atoms with Crippen molar-refractivity contribution in [1.29, 1.82) is 0 Å². The zero-order valence-electron chi connectivity index (χ0n) is 17.3. The third-order valence-corrected chi connectivity index (χ3v) is 5.07. The number of aliphatic hydroxyl groups excluding tert-OH is 1. The second-order valence-corrected chi connectivity index (χ2v) is 7.60. The SMILES string of the molecule is CCCCCCCCCCCCCCCC(=O)OC[C@@H](O)c1ccccc1. The van der Waals surface area contributed by atoms with Crippen LogP contribution in [0.3, 0.4) is 0 Å². The summed E-state index contributed by atoms with van der Waals surface area (Å²) in [6.07, 6.45) is 16.6. The van der Waals surface area contributed by atoms with Crippen molar-refractivity contribution >= 4 is 5.97 Å². The minimum absolute atomic E-state index is 0.0429. The molecule has 0 aromatic heterocycles. The molecule has 0 radical (unpaired) electrons. The molecule has 1 rings (SSSR count). The maximum Gasteiger partial charge on any atom is 0.305 e. The van der Waals surface area contributed by atoms with Crippen LogP contribution in [0.5, 0.6) is 0 Å². The van der Waals surface area contributed by atoms with Gasteiger partial charge in [0.05, 0.1) is 0 Å². The van der Waals surface area contributed by atoms with Crippen LogP contribution in [0.4, 0.5) is 0 Å². The Labute approximate surface area is 166 Å². The van der Waals surface area contributed by atoms with E-state index in [1.807, 2.05) is 30.3 Å². The van der Waals surface area contributed by atoms with Gasteiger partial charge >= 0.3 is 5.97 Å². The number of hydrogen-bond donors (Lipinski definition) is 1. The van der Waals surface area contributed by atoms with E-state index in [9.17, 15) is 9.90 Å². The molecule has 0 aliphatic heterocycles. The van der Waals surface area contributed by atoms with Crippen LogP contribution in [-0.2, 0) is 9.53 Å². The molecule has 1 aromatic carbocycles. The number of rotatable bonds is 17. The second kappa shape index (κ2) is 16.8. The van der Waals surface area contributed by atoms with Crippen LogP contribution in [0.1, 0.15) is 108 Å². The molecule has 0 spiro atoms. The van der Waals surface area contributed by atoms with Gasteiger partial charge in [0.2, 0.25) is 0 Å². The van der Waals surface area contributed by atoms with Crippen LogP contribution >= 0.6 is 0 Å². The molecule has 0 unspecified atom stereocenters. The topological polar surface area (TPSA) is 46.5 Å². The monoisotopic (exact) mass is 376 g/mol. The lowest BCUT2D eigenvalue weighted by Crippen LogP contribution is -2.12. The largest absolute Gasteiger partial charge is 0.463 e. The molecule has 0 amide bonds. The summed E-state index contributed by atoms with van der Waals surface area (Å²) in [5.74, 6) is -0.201. The molecule has 154 valence electrons. The minimum Gasteiger partial charge on any atom is -0.463 e. The third kappa shape index (κ3) is 13.5. The molecule has 0 saturated heterocycles. The van der Waals surface area contributed by atoms with Crippen molar-refractivity contribution in [3.8, 4) is 0 Å². The molecule has 0 aliphatic carbocycles. The van der Waals surface area contributed by atoms with Gasteiger partial charge in [-0.2, -0.15) is 0 Å². The van der Waals surface area contributed by atoms with E-state index in [2.05, 4.69) is 6.92 Å². The van der Waals surface area contributed by atoms with Gasteiger partial charge in [-0.3, -0.25) is 4.79 Å². The maximum absolute atomic E-state index is 11.7. The molecule has 3 heteroatoms. The number of esters is 1. The summed E-state index contributed by atoms with van der Waals surface area (Å²) in [6, 6.07) is 9.31. The molecule has 0 fully saturated rings. The number of ether oxygens (including phenoxy) is 1. The van der Waals surface area contributed by atoms with E-state index in [1.165, 1.54) is 70.6 Å². The van der Waals surface area contributed by atoms with Crippen LogP contribution in [0.25, 0.3) is 0 Å². The minimum atomic E-state index is -0.734. The van der Waals surface area contributed by atoms with Crippen molar-refractivity contribution < 1.29 is 14.6 Å². The predicted molar refractivity (Wildman–Crippen MR) is 113 cm³/mol. The van der Waals surface area contributed by atoms with E-state index in [-0.39, 0.29) is 12.6 Å². The lowest BCUT2D eigenvalue weighted by atomic mass is 10.0. The number of benzene rings is 1. The van der Waals surface area contributed by atoms with Gasteiger partial charge in [-0.15, -0.1) is 0 Å². The molecule has 27 heavy (non-hydrogen) atoms. The van der Waals surface area contributed by atoms with Gasteiger partial charge in [0.15, 0.2) is 0 Å². The van der Waals surface area contributed by atoms with E-state index in [1.54, 1.807) is 0 Å². The van der Waals surface area contributed by atoms with Crippen molar-refractivity contribution in [2.24, 2.45) is 0 Å². The van der Waals surface area contributed by atoms with Crippen molar-refractivity contribution in [2.45, 2.75) is 103 Å². The fraction of sp³-hybridized carbons (Fsp3) is 0.708. The van der Waals surface area contributed by atoms with E-state index in [0.29, 0.717) is 6.42 Å². The van der Waals surface area contributed by atoms with E-state index in [4.69, 9.17) is 4.74 Å². The Morgan fingerprint density at radius 3 is 1.81 bits per heavy atom. The summed E-state index contributed by atoms with van der Waals surface area (Å²) in [6.45, 7) is 2.31. The number of unbranched alkanes of at least 4 members (excludes halogenated alkanes) is 12. The summed E-state index contributed by atoms with van der Waals surface area (Å²) in [4.78, 5) is 11.7. The fourth-order valence-corrected chi connectivity index (χ4v) is 3.30. The summed E-state index contributed by atoms with van der Waals surface area (Å²) in [5.41, 5.74) is 0.784. The summed E-state index contributed by atoms with van der Waals surface area (Å²) in [5, 5.41) is 9.98. The predicted octanol–water partition coefficient (Wildman–Crippen LogP) is 6.74. The molecule has 0 aliphatic rings. The van der Waals surface area contributed by atoms with Gasteiger partial charge in [0.25, 0.3) is 0 Å². The lowest BCUT2D eigenvalue weighted by Gasteiger charge is -2.11. The van der Waals surface area contributed by atoms with Crippen LogP contribution in [0.15, 0.2) is 30.3 Å². The number of aliphatic hydroxyl groups is 1. The van der Waals surface area contributed by atoms with E-state index >= 15 is 0 Å². The van der Waals surface area contributed by atoms with Gasteiger partial charge in [0.1, 0.15) is 12.7 Å². The highest BCUT2D eigenvalue weighted by atomic mass is 16.5. The smallest absolute Gasteiger partial charge is 0.305 e. The molecule has 3 nitrogen and oxygen atoms in total. The Kier molecular flexibility index (Phi) is 14.7. The Hall–Kier alpha value is -1.35. The molecule has 0 saturated carbocycles. The first-order chi connectivity index (χ1) is 13.2. The highest BCUT2D eigenvalue weighted by Gasteiger charge is 2.10. The highest BCUT2D eigenvalue weighted by molar-refractivity contribution is 5.69. The van der Waals surface area contributed by atoms with Gasteiger partial charge in [0, 0.05) is 6.42 Å². The molecule has 0 bridgehead atoms. The molecule has 1 aromatic rings. The van der Waals surface area contributed by atoms with Gasteiger partial charge in [-0.1, -0.05) is 114 Å². The van der Waals surface area contributed by atoms with Crippen LogP contribution in [0, 0.1) is 0 Å². The van der Waals surface area contributed by atoms with Crippen LogP contribution in [-0.4, -0.2) is 17.7 Å². The fourth-order valence-electron chi connectivity index (χ4n) is 3.30. The quantitative estimate of drug-likeness (QED) is 0.242. The van der Waals surface area contributed by atoms with Crippen LogP contribution < -0.4 is 0 Å². The van der Waals surface area contributed by atoms with Gasteiger partial charge in [-0.05, 0) is 12.0 Å². The second-order valence-electron chi connectivity index (χ2n) is 7.60. The van der Waals surface area contributed by atoms with E-state index in [0.717, 1.165) is 18.4 Å². The lowest BCUT2D eigenvalue weighted by molar-refractivity contribution is -0.146. The average Bonchev–Trinajstić information content (AvgIpc) is 2.70. The number of carbonyl (C=O) groups excluding carboxylic acids is 1. The number of hydrogen-bond acceptors (Lipinski definition) is 3. The molecule has 1 N–H and O–H groups in total. The molecule has 1 atom stereocenters. The van der Waals surface area contributed by atoms with Crippen molar-refractivity contribution in [3.63, 3.8) is 0 Å². The maximum atomic E-state index is 11.7. The van der Waals surface area contributed by atoms with E-state index < -0.39 is 6.10 Å². The van der Waals surface area contributed by atoms with Gasteiger partial charge in [-0.25, -0.2) is 0 Å². The Balaban J connectivity index is 1.86. The first kappa shape index (κ1) is 23.7. The van der Waals surface area contributed by atoms with Crippen molar-refractivity contribution in [1.82, 2.24) is 0 Å². The molecular weight excluding hydrogens is 336 g/mol. The number of carbonyl (C=O) groups is 1. The summed E-state index contributed by atoms with van der Waals surface area (Å²) < 4.78 is 5.18. The van der Waals surface area contributed by atoms with Crippen molar-refractivity contribution in [3.05, 3.63) is 35.9 Å². The van der Waals surface area contributed by atoms with Gasteiger partial charge < -0.3 is 9.84 Å². The molecular formula is C24H40O3. The summed E-state index contributed by atoms with van der Waals surface area (Å²) >= 11 is 0. The first-order valence-electron chi connectivity index (χ1n) is 11.1. The Morgan fingerprint density at radius 2 is 1.30 bits per heavy atom. The van der Waals surface area contributed by atoms with Crippen LogP contribution in [0.2, 0.25) is 0 Å². The van der Waals surface area contributed by atoms with Crippen molar-refractivity contribution in [2.75, 3.05) is 6.61 Å². The normalized spacial score (nSPS) is 12.1. The molecule has 0 heterocycles. The summed E-state index contributed by atoms with van der Waals surface area (Å²) in [7, 11) is 0. The third-order valence-electron chi connectivity index (χ3n) is 5.07. The zero-order valence-corrected chi connectivity index (χ0v) is 17.3. The zero-order chi connectivity index (χ0) is 19.6. The first-order valence-corrected chi connectivity index (χ1v) is 11.1. The standard InChI is InChI=1S/C24H40O3/c1-2-3-4-5-6-7-8-9-10-11-12-13-17-20-24(26)27-21-23(25)22-18-15-14-16-19-22/h14-16,18-19,23,25H,2-13,17,20-21H2,1H3/t23-/m1/s1. The highest BCUT2D eigenvalue weighted by Crippen LogP contribution is 2.14. The Morgan fingerprint density at radius 1 is 0.815 bits per heavy atom. The average molecular weight is 377 g/mol. The Bertz CT molecular complexity index is 458.